The number of carbonyl (C=O) groups is 2. The van der Waals surface area contributed by atoms with E-state index in [9.17, 15) is 9.59 Å². The molecular weight excluding hydrogens is 368 g/mol. The lowest BCUT2D eigenvalue weighted by atomic mass is 10.2. The molecule has 0 unspecified atom stereocenters. The molecule has 1 N–H and O–H groups in total. The Hall–Kier alpha value is -2.08. The number of rotatable bonds is 13. The van der Waals surface area contributed by atoms with Gasteiger partial charge in [-0.25, -0.2) is 4.79 Å². The predicted molar refractivity (Wildman–Crippen MR) is 116 cm³/mol. The third kappa shape index (κ3) is 13.7. The molecule has 1 rings (SSSR count). The Bertz CT molecular complexity index is 584. The van der Waals surface area contributed by atoms with Crippen molar-refractivity contribution in [2.75, 3.05) is 26.2 Å². The van der Waals surface area contributed by atoms with E-state index in [-0.39, 0.29) is 5.97 Å². The van der Waals surface area contributed by atoms with Crippen LogP contribution in [-0.4, -0.2) is 48.8 Å². The van der Waals surface area contributed by atoms with Crippen molar-refractivity contribution in [3.63, 3.8) is 0 Å². The van der Waals surface area contributed by atoms with Crippen LogP contribution in [0, 0.1) is 0 Å². The lowest BCUT2D eigenvalue weighted by Gasteiger charge is -2.24. The maximum absolute atomic E-state index is 11.8. The second-order valence-electron chi connectivity index (χ2n) is 8.22. The van der Waals surface area contributed by atoms with E-state index >= 15 is 0 Å². The second kappa shape index (κ2) is 14.0. The summed E-state index contributed by atoms with van der Waals surface area (Å²) >= 11 is 0. The molecule has 0 fully saturated rings. The summed E-state index contributed by atoms with van der Waals surface area (Å²) in [4.78, 5) is 25.8. The maximum Gasteiger partial charge on any atom is 0.407 e. The Labute approximate surface area is 175 Å². The summed E-state index contributed by atoms with van der Waals surface area (Å²) in [5, 5.41) is 2.82. The van der Waals surface area contributed by atoms with Crippen molar-refractivity contribution in [2.45, 2.75) is 71.9 Å². The average molecular weight is 407 g/mol. The third-order valence-electron chi connectivity index (χ3n) is 4.21. The van der Waals surface area contributed by atoms with Crippen LogP contribution in [0.5, 0.6) is 0 Å². The van der Waals surface area contributed by atoms with Crippen LogP contribution < -0.4 is 5.32 Å². The summed E-state index contributed by atoms with van der Waals surface area (Å²) in [5.41, 5.74) is 0.725. The maximum atomic E-state index is 11.8. The van der Waals surface area contributed by atoms with Crippen LogP contribution in [0.25, 0.3) is 0 Å². The fraction of sp³-hybridized carbons (Fsp3) is 0.652. The van der Waals surface area contributed by atoms with E-state index in [1.54, 1.807) is 0 Å². The molecule has 0 heterocycles. The molecule has 29 heavy (non-hydrogen) atoms. The highest BCUT2D eigenvalue weighted by Crippen LogP contribution is 2.08. The van der Waals surface area contributed by atoms with Crippen molar-refractivity contribution < 1.29 is 19.1 Å². The van der Waals surface area contributed by atoms with Gasteiger partial charge in [0.2, 0.25) is 0 Å². The van der Waals surface area contributed by atoms with E-state index in [0.717, 1.165) is 45.3 Å². The van der Waals surface area contributed by atoms with Crippen molar-refractivity contribution in [3.8, 4) is 0 Å². The van der Waals surface area contributed by atoms with E-state index < -0.39 is 11.7 Å². The van der Waals surface area contributed by atoms with Crippen LogP contribution in [0.15, 0.2) is 30.3 Å². The van der Waals surface area contributed by atoms with Gasteiger partial charge >= 0.3 is 12.1 Å². The summed E-state index contributed by atoms with van der Waals surface area (Å²) in [6.45, 7) is 11.0. The van der Waals surface area contributed by atoms with E-state index in [0.29, 0.717) is 19.6 Å². The van der Waals surface area contributed by atoms with Gasteiger partial charge in [0, 0.05) is 26.1 Å². The van der Waals surface area contributed by atoms with E-state index in [4.69, 9.17) is 9.47 Å². The van der Waals surface area contributed by atoms with Gasteiger partial charge in [-0.2, -0.15) is 0 Å². The van der Waals surface area contributed by atoms with Crippen LogP contribution in [0.3, 0.4) is 0 Å². The fourth-order valence-electron chi connectivity index (χ4n) is 2.75. The quantitative estimate of drug-likeness (QED) is 0.385. The van der Waals surface area contributed by atoms with Crippen LogP contribution in [0.4, 0.5) is 4.79 Å². The van der Waals surface area contributed by atoms with Gasteiger partial charge in [0.25, 0.3) is 0 Å². The molecule has 1 aromatic carbocycles. The Morgan fingerprint density at radius 3 is 2.41 bits per heavy atom. The summed E-state index contributed by atoms with van der Waals surface area (Å²) in [6.07, 6.45) is 3.71. The minimum absolute atomic E-state index is 0.111. The van der Waals surface area contributed by atoms with Gasteiger partial charge in [0.15, 0.2) is 0 Å². The van der Waals surface area contributed by atoms with Crippen molar-refractivity contribution in [1.82, 2.24) is 10.2 Å². The summed E-state index contributed by atoms with van der Waals surface area (Å²) in [7, 11) is 0. The molecule has 0 aliphatic carbocycles. The zero-order valence-corrected chi connectivity index (χ0v) is 18.5. The topological polar surface area (TPSA) is 67.9 Å². The molecular formula is C23H38N2O4. The zero-order valence-electron chi connectivity index (χ0n) is 18.5. The number of nitrogens with one attached hydrogen (secondary N) is 1. The lowest BCUT2D eigenvalue weighted by Crippen LogP contribution is -2.38. The number of hydrogen-bond donors (Lipinski definition) is 1. The monoisotopic (exact) mass is 406 g/mol. The Morgan fingerprint density at radius 2 is 1.76 bits per heavy atom. The summed E-state index contributed by atoms with van der Waals surface area (Å²) < 4.78 is 10.5. The number of nitrogens with zero attached hydrogens (tertiary/aromatic N) is 1. The third-order valence-corrected chi connectivity index (χ3v) is 4.21. The summed E-state index contributed by atoms with van der Waals surface area (Å²) in [5.74, 6) is -0.111. The molecule has 1 amide bonds. The van der Waals surface area contributed by atoms with Crippen molar-refractivity contribution in [1.29, 1.82) is 0 Å². The number of unbranched alkanes of at least 4 members (excludes halogenated alkanes) is 2. The second-order valence-corrected chi connectivity index (χ2v) is 8.22. The molecule has 0 saturated carbocycles. The predicted octanol–water partition coefficient (Wildman–Crippen LogP) is 4.53. The van der Waals surface area contributed by atoms with Crippen molar-refractivity contribution in [2.24, 2.45) is 0 Å². The standard InChI is InChI=1S/C23H38N2O4/c1-5-6-18-28-21(26)14-10-11-16-25(19-20-12-8-7-9-13-20)17-15-24-22(27)29-23(2,3)4/h7-9,12-13H,5-6,10-11,14-19H2,1-4H3,(H,24,27). The van der Waals surface area contributed by atoms with Crippen LogP contribution in [-0.2, 0) is 20.8 Å². The highest BCUT2D eigenvalue weighted by atomic mass is 16.6. The molecule has 0 atom stereocenters. The highest BCUT2D eigenvalue weighted by Gasteiger charge is 2.16. The molecule has 0 saturated heterocycles. The van der Waals surface area contributed by atoms with Crippen LogP contribution >= 0.6 is 0 Å². The first-order valence-electron chi connectivity index (χ1n) is 10.7. The summed E-state index contributed by atoms with van der Waals surface area (Å²) in [6, 6.07) is 10.2. The molecule has 0 bridgehead atoms. The smallest absolute Gasteiger partial charge is 0.407 e. The molecule has 164 valence electrons. The Kier molecular flexibility index (Phi) is 12.0. The van der Waals surface area contributed by atoms with Gasteiger partial charge in [0.05, 0.1) is 6.61 Å². The number of hydrogen-bond acceptors (Lipinski definition) is 5. The molecule has 6 nitrogen and oxygen atoms in total. The largest absolute Gasteiger partial charge is 0.466 e. The van der Waals surface area contributed by atoms with E-state index in [2.05, 4.69) is 29.3 Å². The molecule has 0 radical (unpaired) electrons. The molecule has 0 aliphatic heterocycles. The first-order valence-corrected chi connectivity index (χ1v) is 10.7. The van der Waals surface area contributed by atoms with E-state index in [1.165, 1.54) is 5.56 Å². The number of esters is 1. The number of alkyl carbamates (subject to hydrolysis) is 1. The van der Waals surface area contributed by atoms with Gasteiger partial charge in [-0.15, -0.1) is 0 Å². The van der Waals surface area contributed by atoms with Crippen LogP contribution in [0.2, 0.25) is 0 Å². The fourth-order valence-corrected chi connectivity index (χ4v) is 2.75. The lowest BCUT2D eigenvalue weighted by molar-refractivity contribution is -0.143. The number of ether oxygens (including phenoxy) is 2. The number of amides is 1. The van der Waals surface area contributed by atoms with Crippen molar-refractivity contribution >= 4 is 12.1 Å². The van der Waals surface area contributed by atoms with Crippen LogP contribution in [0.1, 0.15) is 65.4 Å². The molecule has 1 aromatic rings. The SMILES string of the molecule is CCCCOC(=O)CCCCN(CCNC(=O)OC(C)(C)C)Cc1ccccc1. The average Bonchev–Trinajstić information content (AvgIpc) is 2.64. The highest BCUT2D eigenvalue weighted by molar-refractivity contribution is 5.69. The molecule has 0 spiro atoms. The first-order chi connectivity index (χ1) is 13.8. The minimum Gasteiger partial charge on any atom is -0.466 e. The normalized spacial score (nSPS) is 11.3. The van der Waals surface area contributed by atoms with Gasteiger partial charge in [-0.05, 0) is 52.1 Å². The van der Waals surface area contributed by atoms with Gasteiger partial charge in [-0.1, -0.05) is 43.7 Å². The Balaban J connectivity index is 2.39. The zero-order chi connectivity index (χ0) is 21.5. The van der Waals surface area contributed by atoms with Gasteiger partial charge in [-0.3, -0.25) is 9.69 Å². The van der Waals surface area contributed by atoms with E-state index in [1.807, 2.05) is 39.0 Å². The Morgan fingerprint density at radius 1 is 1.03 bits per heavy atom. The number of benzene rings is 1. The molecule has 6 heteroatoms. The van der Waals surface area contributed by atoms with Gasteiger partial charge in [0.1, 0.15) is 5.60 Å². The first kappa shape index (κ1) is 25.0. The minimum atomic E-state index is -0.500. The van der Waals surface area contributed by atoms with Crippen molar-refractivity contribution in [3.05, 3.63) is 35.9 Å². The van der Waals surface area contributed by atoms with Gasteiger partial charge < -0.3 is 14.8 Å². The molecule has 0 aliphatic rings. The number of carbonyl (C=O) groups excluding carboxylic acids is 2. The molecule has 0 aromatic heterocycles.